The molecule has 0 unspecified atom stereocenters. The molecular formula is C25H34N4O2. The van der Waals surface area contributed by atoms with Crippen molar-refractivity contribution in [3.8, 4) is 5.75 Å². The van der Waals surface area contributed by atoms with Crippen LogP contribution >= 0.6 is 0 Å². The Morgan fingerprint density at radius 1 is 1.19 bits per heavy atom. The lowest BCUT2D eigenvalue weighted by Gasteiger charge is -2.33. The number of nitrogens with zero attached hydrogens (tertiary/aromatic N) is 4. The molecular weight excluding hydrogens is 388 g/mol. The van der Waals surface area contributed by atoms with Crippen LogP contribution in [0.2, 0.25) is 0 Å². The van der Waals surface area contributed by atoms with E-state index in [1.807, 2.05) is 30.9 Å². The highest BCUT2D eigenvalue weighted by Gasteiger charge is 2.34. The van der Waals surface area contributed by atoms with Crippen molar-refractivity contribution in [3.63, 3.8) is 0 Å². The first-order chi connectivity index (χ1) is 15.0. The maximum Gasteiger partial charge on any atom is 0.225 e. The monoisotopic (exact) mass is 422 g/mol. The van der Waals surface area contributed by atoms with Crippen molar-refractivity contribution in [1.82, 2.24) is 14.9 Å². The zero-order chi connectivity index (χ0) is 22.0. The van der Waals surface area contributed by atoms with Gasteiger partial charge in [0.1, 0.15) is 11.6 Å². The highest BCUT2D eigenvalue weighted by Crippen LogP contribution is 2.35. The number of fused-ring (bicyclic) bond motifs is 1. The maximum absolute atomic E-state index is 12.7. The van der Waals surface area contributed by atoms with Gasteiger partial charge in [-0.1, -0.05) is 32.0 Å². The number of amides is 1. The van der Waals surface area contributed by atoms with E-state index in [-0.39, 0.29) is 17.9 Å². The van der Waals surface area contributed by atoms with Crippen LogP contribution in [0.4, 0.5) is 5.82 Å². The van der Waals surface area contributed by atoms with Gasteiger partial charge in [0.05, 0.1) is 13.2 Å². The van der Waals surface area contributed by atoms with Gasteiger partial charge in [-0.3, -0.25) is 4.79 Å². The van der Waals surface area contributed by atoms with Crippen molar-refractivity contribution in [2.75, 3.05) is 31.6 Å². The van der Waals surface area contributed by atoms with Crippen LogP contribution in [0.25, 0.3) is 0 Å². The average molecular weight is 423 g/mol. The molecule has 1 aromatic carbocycles. The molecule has 1 atom stereocenters. The molecule has 0 aliphatic carbocycles. The molecule has 0 spiro atoms. The fraction of sp³-hybridized carbons (Fsp3) is 0.560. The summed E-state index contributed by atoms with van der Waals surface area (Å²) in [5, 5.41) is 0. The molecule has 0 N–H and O–H groups in total. The third-order valence-corrected chi connectivity index (χ3v) is 6.54. The van der Waals surface area contributed by atoms with Crippen LogP contribution in [-0.2, 0) is 17.6 Å². The minimum absolute atomic E-state index is 0.00288. The molecule has 1 fully saturated rings. The Morgan fingerprint density at radius 3 is 2.77 bits per heavy atom. The first-order valence-electron chi connectivity index (χ1n) is 11.5. The number of hydrogen-bond acceptors (Lipinski definition) is 5. The normalized spacial score (nSPS) is 18.4. The van der Waals surface area contributed by atoms with Gasteiger partial charge < -0.3 is 14.5 Å². The van der Waals surface area contributed by atoms with Crippen molar-refractivity contribution >= 4 is 11.7 Å². The van der Waals surface area contributed by atoms with E-state index in [1.54, 1.807) is 7.11 Å². The second-order valence-electron chi connectivity index (χ2n) is 8.97. The molecule has 6 heteroatoms. The van der Waals surface area contributed by atoms with Gasteiger partial charge in [-0.25, -0.2) is 9.97 Å². The summed E-state index contributed by atoms with van der Waals surface area (Å²) < 4.78 is 5.53. The molecule has 6 nitrogen and oxygen atoms in total. The lowest BCUT2D eigenvalue weighted by molar-refractivity contribution is -0.135. The Balaban J connectivity index is 1.60. The van der Waals surface area contributed by atoms with Crippen molar-refractivity contribution < 1.29 is 9.53 Å². The second-order valence-corrected chi connectivity index (χ2v) is 8.97. The summed E-state index contributed by atoms with van der Waals surface area (Å²) in [6.45, 7) is 8.72. The Kier molecular flexibility index (Phi) is 6.44. The first-order valence-corrected chi connectivity index (χ1v) is 11.5. The van der Waals surface area contributed by atoms with Crippen LogP contribution in [0, 0.1) is 12.8 Å². The van der Waals surface area contributed by atoms with Gasteiger partial charge in [-0.2, -0.15) is 0 Å². The molecule has 1 aromatic heterocycles. The van der Waals surface area contributed by atoms with Gasteiger partial charge in [0.15, 0.2) is 5.82 Å². The maximum atomic E-state index is 12.7. The van der Waals surface area contributed by atoms with E-state index >= 15 is 0 Å². The lowest BCUT2D eigenvalue weighted by Crippen LogP contribution is -2.36. The number of benzene rings is 1. The summed E-state index contributed by atoms with van der Waals surface area (Å²) in [4.78, 5) is 27.1. The first kappa shape index (κ1) is 21.6. The number of ether oxygens (including phenoxy) is 1. The van der Waals surface area contributed by atoms with Gasteiger partial charge in [0, 0.05) is 36.8 Å². The van der Waals surface area contributed by atoms with Crippen LogP contribution in [0.1, 0.15) is 61.8 Å². The molecule has 2 aromatic rings. The van der Waals surface area contributed by atoms with Crippen LogP contribution < -0.4 is 9.64 Å². The average Bonchev–Trinajstić information content (AvgIpc) is 3.27. The number of aromatic nitrogens is 2. The Morgan fingerprint density at radius 2 is 2.00 bits per heavy atom. The number of methoxy groups -OCH3 is 1. The summed E-state index contributed by atoms with van der Waals surface area (Å²) in [5.74, 6) is 3.01. The lowest BCUT2D eigenvalue weighted by atomic mass is 10.0. The topological polar surface area (TPSA) is 58.6 Å². The number of para-hydroxylation sites is 1. The fourth-order valence-corrected chi connectivity index (χ4v) is 4.87. The minimum atomic E-state index is -0.00308. The second kappa shape index (κ2) is 9.25. The molecule has 2 aliphatic heterocycles. The predicted octanol–water partition coefficient (Wildman–Crippen LogP) is 4.11. The number of hydrogen-bond donors (Lipinski definition) is 0. The SMILES string of the molecule is COc1ccccc1CCN1CCCc2c(C)nc([C@H]3CCCN3C(=O)C(C)C)nc21. The molecule has 1 saturated heterocycles. The van der Waals surface area contributed by atoms with Gasteiger partial charge >= 0.3 is 0 Å². The van der Waals surface area contributed by atoms with E-state index in [9.17, 15) is 4.79 Å². The number of carbonyl (C=O) groups is 1. The van der Waals surface area contributed by atoms with Crippen molar-refractivity contribution in [2.45, 2.75) is 58.9 Å². The number of anilines is 1. The standard InChI is InChI=1S/C25H34N4O2/c1-17(2)25(30)29-15-8-11-21(29)23-26-18(3)20-10-7-14-28(24(20)27-23)16-13-19-9-5-6-12-22(19)31-4/h5-6,9,12,17,21H,7-8,10-11,13-16H2,1-4H3/t21-/m1/s1. The zero-order valence-electron chi connectivity index (χ0n) is 19.2. The van der Waals surface area contributed by atoms with Crippen LogP contribution in [0.5, 0.6) is 5.75 Å². The number of carbonyl (C=O) groups excluding carboxylic acids is 1. The Hall–Kier alpha value is -2.63. The van der Waals surface area contributed by atoms with E-state index in [0.717, 1.165) is 74.8 Å². The van der Waals surface area contributed by atoms with Gasteiger partial charge in [-0.15, -0.1) is 0 Å². The highest BCUT2D eigenvalue weighted by molar-refractivity contribution is 5.78. The number of rotatable bonds is 6. The van der Waals surface area contributed by atoms with E-state index in [4.69, 9.17) is 14.7 Å². The molecule has 4 rings (SSSR count). The molecule has 166 valence electrons. The number of likely N-dealkylation sites (tertiary alicyclic amines) is 1. The van der Waals surface area contributed by atoms with Crippen LogP contribution in [0.3, 0.4) is 0 Å². The van der Waals surface area contributed by atoms with Crippen molar-refractivity contribution in [1.29, 1.82) is 0 Å². The molecule has 0 radical (unpaired) electrons. The van der Waals surface area contributed by atoms with Gasteiger partial charge in [-0.05, 0) is 50.7 Å². The van der Waals surface area contributed by atoms with Crippen LogP contribution in [0.15, 0.2) is 24.3 Å². The van der Waals surface area contributed by atoms with Crippen LogP contribution in [-0.4, -0.2) is 47.5 Å². The molecule has 0 bridgehead atoms. The molecule has 1 amide bonds. The summed E-state index contributed by atoms with van der Waals surface area (Å²) in [5.41, 5.74) is 3.54. The molecule has 31 heavy (non-hydrogen) atoms. The predicted molar refractivity (Wildman–Crippen MR) is 123 cm³/mol. The quantitative estimate of drug-likeness (QED) is 0.701. The zero-order valence-corrected chi connectivity index (χ0v) is 19.2. The van der Waals surface area contributed by atoms with Crippen molar-refractivity contribution in [2.24, 2.45) is 5.92 Å². The Labute approximate surface area is 185 Å². The summed E-state index contributed by atoms with van der Waals surface area (Å²) in [7, 11) is 1.73. The third kappa shape index (κ3) is 4.39. The molecule has 2 aliphatic rings. The van der Waals surface area contributed by atoms with Crippen molar-refractivity contribution in [3.05, 3.63) is 46.9 Å². The molecule has 3 heterocycles. The Bertz CT molecular complexity index is 943. The number of aryl methyl sites for hydroxylation is 1. The summed E-state index contributed by atoms with van der Waals surface area (Å²) in [6.07, 6.45) is 5.00. The molecule has 0 saturated carbocycles. The van der Waals surface area contributed by atoms with E-state index in [0.29, 0.717) is 0 Å². The van der Waals surface area contributed by atoms with E-state index in [2.05, 4.69) is 24.0 Å². The van der Waals surface area contributed by atoms with E-state index < -0.39 is 0 Å². The fourth-order valence-electron chi connectivity index (χ4n) is 4.87. The van der Waals surface area contributed by atoms with Gasteiger partial charge in [0.25, 0.3) is 0 Å². The minimum Gasteiger partial charge on any atom is -0.496 e. The largest absolute Gasteiger partial charge is 0.496 e. The smallest absolute Gasteiger partial charge is 0.225 e. The summed E-state index contributed by atoms with van der Waals surface area (Å²) in [6, 6.07) is 8.22. The third-order valence-electron chi connectivity index (χ3n) is 6.54. The summed E-state index contributed by atoms with van der Waals surface area (Å²) >= 11 is 0. The van der Waals surface area contributed by atoms with Gasteiger partial charge in [0.2, 0.25) is 5.91 Å². The van der Waals surface area contributed by atoms with E-state index in [1.165, 1.54) is 11.1 Å². The highest BCUT2D eigenvalue weighted by atomic mass is 16.5.